The van der Waals surface area contributed by atoms with Crippen molar-refractivity contribution >= 4 is 11.9 Å². The first kappa shape index (κ1) is 15.7. The summed E-state index contributed by atoms with van der Waals surface area (Å²) < 4.78 is 26.5. The third-order valence-electron chi connectivity index (χ3n) is 3.48. The van der Waals surface area contributed by atoms with Crippen LogP contribution in [-0.2, 0) is 9.59 Å². The topological polar surface area (TPSA) is 92.3 Å². The molecule has 1 aliphatic heterocycles. The van der Waals surface area contributed by atoms with Gasteiger partial charge in [-0.05, 0) is 31.5 Å². The monoisotopic (exact) mass is 307 g/mol. The zero-order valence-electron chi connectivity index (χ0n) is 11.7. The van der Waals surface area contributed by atoms with Gasteiger partial charge in [-0.1, -0.05) is 6.07 Å². The van der Waals surface area contributed by atoms with E-state index in [0.29, 0.717) is 0 Å². The Balaban J connectivity index is 2.71. The maximum absolute atomic E-state index is 13.4. The number of nitrogens with one attached hydrogen (secondary N) is 1. The number of hydrogen-bond donors (Lipinski definition) is 1. The van der Waals surface area contributed by atoms with Gasteiger partial charge in [-0.15, -0.1) is 0 Å². The van der Waals surface area contributed by atoms with E-state index in [1.807, 2.05) is 0 Å². The molecule has 2 rings (SSSR count). The van der Waals surface area contributed by atoms with Crippen LogP contribution in [0, 0.1) is 11.6 Å². The average molecular weight is 307 g/mol. The zero-order chi connectivity index (χ0) is 16.6. The maximum atomic E-state index is 13.4. The molecular formula is C15H11F2NO4-2. The number of allylic oxidation sites excluding steroid dienone is 2. The molecule has 22 heavy (non-hydrogen) atoms. The summed E-state index contributed by atoms with van der Waals surface area (Å²) in [6, 6.07) is 2.69. The summed E-state index contributed by atoms with van der Waals surface area (Å²) in [5.41, 5.74) is -0.418. The van der Waals surface area contributed by atoms with Gasteiger partial charge in [-0.25, -0.2) is 8.78 Å². The van der Waals surface area contributed by atoms with Crippen molar-refractivity contribution in [2.24, 2.45) is 0 Å². The van der Waals surface area contributed by atoms with E-state index >= 15 is 0 Å². The number of halogens is 2. The van der Waals surface area contributed by atoms with Crippen LogP contribution < -0.4 is 15.5 Å². The van der Waals surface area contributed by atoms with Gasteiger partial charge in [0, 0.05) is 28.5 Å². The number of aliphatic carboxylic acids is 2. The molecule has 1 aromatic carbocycles. The molecule has 0 saturated heterocycles. The minimum Gasteiger partial charge on any atom is -0.545 e. The van der Waals surface area contributed by atoms with Crippen molar-refractivity contribution in [3.05, 3.63) is 57.9 Å². The lowest BCUT2D eigenvalue weighted by Crippen LogP contribution is -2.40. The van der Waals surface area contributed by atoms with Crippen LogP contribution >= 0.6 is 0 Å². The van der Waals surface area contributed by atoms with Crippen molar-refractivity contribution in [1.82, 2.24) is 5.32 Å². The fourth-order valence-electron chi connectivity index (χ4n) is 2.56. The van der Waals surface area contributed by atoms with E-state index in [1.54, 1.807) is 0 Å². The largest absolute Gasteiger partial charge is 0.545 e. The quantitative estimate of drug-likeness (QED) is 0.827. The first-order valence-electron chi connectivity index (χ1n) is 6.30. The molecule has 1 N–H and O–H groups in total. The molecule has 0 unspecified atom stereocenters. The minimum absolute atomic E-state index is 0.0162. The normalized spacial score (nSPS) is 15.8. The Morgan fingerprint density at radius 2 is 1.50 bits per heavy atom. The number of hydrogen-bond acceptors (Lipinski definition) is 5. The second kappa shape index (κ2) is 5.59. The molecule has 5 nitrogen and oxygen atoms in total. The summed E-state index contributed by atoms with van der Waals surface area (Å²) in [4.78, 5) is 22.7. The second-order valence-electron chi connectivity index (χ2n) is 4.88. The van der Waals surface area contributed by atoms with Crippen LogP contribution in [0.5, 0.6) is 0 Å². The van der Waals surface area contributed by atoms with Gasteiger partial charge in [0.25, 0.3) is 0 Å². The number of carbonyl (C=O) groups excluding carboxylic acids is 2. The highest BCUT2D eigenvalue weighted by Crippen LogP contribution is 2.37. The van der Waals surface area contributed by atoms with Crippen LogP contribution in [0.25, 0.3) is 0 Å². The van der Waals surface area contributed by atoms with Crippen LogP contribution in [0.2, 0.25) is 0 Å². The molecule has 0 radical (unpaired) electrons. The maximum Gasteiger partial charge on any atom is 0.159 e. The zero-order valence-corrected chi connectivity index (χ0v) is 11.7. The van der Waals surface area contributed by atoms with Crippen LogP contribution in [0.3, 0.4) is 0 Å². The molecule has 0 spiro atoms. The van der Waals surface area contributed by atoms with Crippen LogP contribution in [0.1, 0.15) is 25.3 Å². The Morgan fingerprint density at radius 1 is 1.00 bits per heavy atom. The Morgan fingerprint density at radius 3 is 1.91 bits per heavy atom. The van der Waals surface area contributed by atoms with Crippen molar-refractivity contribution in [3.8, 4) is 0 Å². The molecule has 116 valence electrons. The van der Waals surface area contributed by atoms with Gasteiger partial charge < -0.3 is 25.1 Å². The van der Waals surface area contributed by atoms with E-state index in [1.165, 1.54) is 13.8 Å². The highest BCUT2D eigenvalue weighted by Gasteiger charge is 2.30. The van der Waals surface area contributed by atoms with Gasteiger partial charge in [0.1, 0.15) is 0 Å². The summed E-state index contributed by atoms with van der Waals surface area (Å²) in [5.74, 6) is -6.85. The number of carboxylic acid groups (broad SMARTS) is 2. The number of dihydropyridines is 1. The van der Waals surface area contributed by atoms with E-state index in [4.69, 9.17) is 0 Å². The summed E-state index contributed by atoms with van der Waals surface area (Å²) >= 11 is 0. The standard InChI is InChI=1S/C15H13F2NO4/c1-6-11(14(19)20)13(12(15(21)22)7(2)18-6)8-3-4-9(16)10(17)5-8/h3-5,13,18H,1-2H3,(H,19,20)(H,21,22)/p-2. The van der Waals surface area contributed by atoms with E-state index in [9.17, 15) is 28.6 Å². The van der Waals surface area contributed by atoms with Crippen molar-refractivity contribution in [2.75, 3.05) is 0 Å². The van der Waals surface area contributed by atoms with Gasteiger partial charge in [-0.3, -0.25) is 0 Å². The Hall–Kier alpha value is -2.70. The molecule has 0 bridgehead atoms. The third kappa shape index (κ3) is 2.57. The van der Waals surface area contributed by atoms with Crippen molar-refractivity contribution < 1.29 is 28.6 Å². The lowest BCUT2D eigenvalue weighted by atomic mass is 9.80. The molecule has 7 heteroatoms. The lowest BCUT2D eigenvalue weighted by molar-refractivity contribution is -0.300. The molecule has 0 fully saturated rings. The summed E-state index contributed by atoms with van der Waals surface area (Å²) in [6.07, 6.45) is 0. The number of carboxylic acids is 2. The predicted molar refractivity (Wildman–Crippen MR) is 67.6 cm³/mol. The highest BCUT2D eigenvalue weighted by molar-refractivity contribution is 5.96. The second-order valence-corrected chi connectivity index (χ2v) is 4.88. The average Bonchev–Trinajstić information content (AvgIpc) is 2.39. The van der Waals surface area contributed by atoms with Gasteiger partial charge >= 0.3 is 0 Å². The number of benzene rings is 1. The van der Waals surface area contributed by atoms with Gasteiger partial charge in [0.2, 0.25) is 0 Å². The van der Waals surface area contributed by atoms with Gasteiger partial charge in [0.05, 0.1) is 11.9 Å². The predicted octanol–water partition coefficient (Wildman–Crippen LogP) is -0.301. The number of rotatable bonds is 3. The molecule has 0 atom stereocenters. The minimum atomic E-state index is -1.61. The van der Waals surface area contributed by atoms with E-state index in [2.05, 4.69) is 5.32 Å². The number of carbonyl (C=O) groups is 2. The van der Waals surface area contributed by atoms with Crippen LogP contribution in [0.15, 0.2) is 40.7 Å². The molecule has 0 aromatic heterocycles. The molecule has 1 aliphatic rings. The van der Waals surface area contributed by atoms with E-state index in [0.717, 1.165) is 18.2 Å². The van der Waals surface area contributed by atoms with Crippen LogP contribution in [-0.4, -0.2) is 11.9 Å². The van der Waals surface area contributed by atoms with Crippen LogP contribution in [0.4, 0.5) is 8.78 Å². The molecule has 1 heterocycles. The summed E-state index contributed by atoms with van der Waals surface area (Å²) in [6.45, 7) is 2.85. The van der Waals surface area contributed by atoms with Gasteiger partial charge in [0.15, 0.2) is 11.6 Å². The third-order valence-corrected chi connectivity index (χ3v) is 3.48. The fraction of sp³-hybridized carbons (Fsp3) is 0.200. The smallest absolute Gasteiger partial charge is 0.159 e. The lowest BCUT2D eigenvalue weighted by Gasteiger charge is -2.33. The Bertz CT molecular complexity index is 701. The first-order valence-corrected chi connectivity index (χ1v) is 6.30. The van der Waals surface area contributed by atoms with Crippen molar-refractivity contribution in [2.45, 2.75) is 19.8 Å². The molecule has 1 aromatic rings. The Kier molecular flexibility index (Phi) is 3.99. The Labute approximate surface area is 124 Å². The van der Waals surface area contributed by atoms with Crippen molar-refractivity contribution in [3.63, 3.8) is 0 Å². The van der Waals surface area contributed by atoms with Gasteiger partial charge in [-0.2, -0.15) is 0 Å². The molecule has 0 saturated carbocycles. The van der Waals surface area contributed by atoms with E-state index in [-0.39, 0.29) is 28.1 Å². The highest BCUT2D eigenvalue weighted by atomic mass is 19.2. The molecule has 0 amide bonds. The first-order chi connectivity index (χ1) is 10.2. The van der Waals surface area contributed by atoms with E-state index < -0.39 is 29.5 Å². The summed E-state index contributed by atoms with van der Waals surface area (Å²) in [5, 5.41) is 25.3. The summed E-state index contributed by atoms with van der Waals surface area (Å²) in [7, 11) is 0. The van der Waals surface area contributed by atoms with Crippen molar-refractivity contribution in [1.29, 1.82) is 0 Å². The fourth-order valence-corrected chi connectivity index (χ4v) is 2.56. The molecule has 0 aliphatic carbocycles. The SMILES string of the molecule is CC1=C(C(=O)[O-])C(c2ccc(F)c(F)c2)C(C(=O)[O-])=C(C)N1. The molecular weight excluding hydrogens is 296 g/mol.